The molecule has 0 aliphatic carbocycles. The number of benzene rings is 1. The van der Waals surface area contributed by atoms with Crippen LogP contribution in [0.2, 0.25) is 5.02 Å². The molecule has 1 aromatic carbocycles. The summed E-state index contributed by atoms with van der Waals surface area (Å²) < 4.78 is 5.34. The van der Waals surface area contributed by atoms with E-state index < -0.39 is 0 Å². The van der Waals surface area contributed by atoms with Gasteiger partial charge in [0.25, 0.3) is 0 Å². The summed E-state index contributed by atoms with van der Waals surface area (Å²) in [7, 11) is 0. The van der Waals surface area contributed by atoms with Crippen LogP contribution in [-0.4, -0.2) is 25.8 Å². The van der Waals surface area contributed by atoms with Crippen molar-refractivity contribution in [1.82, 2.24) is 0 Å². The maximum atomic E-state index is 8.90. The number of hydrogen-bond donors (Lipinski definition) is 0. The lowest BCUT2D eigenvalue weighted by molar-refractivity contribution is 0.0764. The summed E-state index contributed by atoms with van der Waals surface area (Å²) in [6.45, 7) is 6.01. The average molecular weight is 251 g/mol. The van der Waals surface area contributed by atoms with E-state index in [9.17, 15) is 0 Å². The molecular formula is C13H15ClN2O. The molecule has 1 atom stereocenters. The zero-order chi connectivity index (χ0) is 12.4. The summed E-state index contributed by atoms with van der Waals surface area (Å²) in [5.41, 5.74) is 3.33. The Hall–Kier alpha value is -1.24. The Morgan fingerprint density at radius 3 is 2.88 bits per heavy atom. The normalized spacial score (nSPS) is 20.1. The maximum absolute atomic E-state index is 8.90. The Morgan fingerprint density at radius 1 is 1.47 bits per heavy atom. The van der Waals surface area contributed by atoms with Crippen LogP contribution in [0, 0.1) is 25.2 Å². The first-order chi connectivity index (χ1) is 8.11. The highest BCUT2D eigenvalue weighted by atomic mass is 35.5. The van der Waals surface area contributed by atoms with Gasteiger partial charge in [0.1, 0.15) is 0 Å². The summed E-state index contributed by atoms with van der Waals surface area (Å²) in [5, 5.41) is 9.65. The number of nitriles is 1. The minimum absolute atomic E-state index is 0.361. The molecule has 17 heavy (non-hydrogen) atoms. The first kappa shape index (κ1) is 12.2. The number of anilines is 1. The predicted octanol–water partition coefficient (Wildman–Crippen LogP) is 2.69. The van der Waals surface area contributed by atoms with Crippen LogP contribution in [0.3, 0.4) is 0 Å². The van der Waals surface area contributed by atoms with Gasteiger partial charge in [-0.25, -0.2) is 0 Å². The molecule has 3 nitrogen and oxygen atoms in total. The van der Waals surface area contributed by atoms with E-state index in [1.807, 2.05) is 19.9 Å². The molecule has 0 N–H and O–H groups in total. The smallest absolute Gasteiger partial charge is 0.161 e. The van der Waals surface area contributed by atoms with Gasteiger partial charge >= 0.3 is 0 Å². The van der Waals surface area contributed by atoms with Gasteiger partial charge in [-0.2, -0.15) is 5.26 Å². The molecule has 90 valence electrons. The van der Waals surface area contributed by atoms with E-state index in [4.69, 9.17) is 21.6 Å². The highest BCUT2D eigenvalue weighted by Crippen LogP contribution is 2.32. The molecule has 0 bridgehead atoms. The number of ether oxygens (including phenoxy) is 1. The van der Waals surface area contributed by atoms with E-state index >= 15 is 0 Å². The molecule has 0 spiro atoms. The molecule has 1 heterocycles. The van der Waals surface area contributed by atoms with Gasteiger partial charge in [-0.3, -0.25) is 0 Å². The topological polar surface area (TPSA) is 36.3 Å². The third-order valence-corrected chi connectivity index (χ3v) is 3.21. The van der Waals surface area contributed by atoms with Crippen LogP contribution in [0.4, 0.5) is 5.69 Å². The van der Waals surface area contributed by atoms with Crippen LogP contribution in [0.1, 0.15) is 11.1 Å². The van der Waals surface area contributed by atoms with Gasteiger partial charge < -0.3 is 9.64 Å². The minimum Gasteiger partial charge on any atom is -0.364 e. The Labute approximate surface area is 107 Å². The van der Waals surface area contributed by atoms with Crippen molar-refractivity contribution >= 4 is 17.3 Å². The molecule has 0 radical (unpaired) electrons. The summed E-state index contributed by atoms with van der Waals surface area (Å²) in [6, 6.07) is 6.22. The van der Waals surface area contributed by atoms with E-state index in [1.54, 1.807) is 0 Å². The SMILES string of the molecule is Cc1cc(C)c(N2CCOC(C#N)C2)c(Cl)c1. The molecule has 0 amide bonds. The molecule has 0 saturated carbocycles. The van der Waals surface area contributed by atoms with Crippen molar-refractivity contribution in [1.29, 1.82) is 5.26 Å². The van der Waals surface area contributed by atoms with E-state index in [0.717, 1.165) is 28.4 Å². The average Bonchev–Trinajstić information content (AvgIpc) is 2.28. The summed E-state index contributed by atoms with van der Waals surface area (Å²) in [6.07, 6.45) is -0.361. The fraction of sp³-hybridized carbons (Fsp3) is 0.462. The van der Waals surface area contributed by atoms with Crippen LogP contribution in [-0.2, 0) is 4.74 Å². The van der Waals surface area contributed by atoms with Crippen LogP contribution < -0.4 is 4.90 Å². The van der Waals surface area contributed by atoms with Crippen LogP contribution in [0.5, 0.6) is 0 Å². The van der Waals surface area contributed by atoms with Crippen molar-refractivity contribution in [2.24, 2.45) is 0 Å². The summed E-state index contributed by atoms with van der Waals surface area (Å²) in [5.74, 6) is 0. The third-order valence-electron chi connectivity index (χ3n) is 2.92. The number of rotatable bonds is 1. The first-order valence-corrected chi connectivity index (χ1v) is 6.02. The number of aryl methyl sites for hydroxylation is 2. The number of hydrogen-bond acceptors (Lipinski definition) is 3. The molecule has 4 heteroatoms. The molecule has 1 fully saturated rings. The van der Waals surface area contributed by atoms with E-state index in [0.29, 0.717) is 13.2 Å². The maximum Gasteiger partial charge on any atom is 0.161 e. The summed E-state index contributed by atoms with van der Waals surface area (Å²) >= 11 is 6.29. The number of nitrogens with zero attached hydrogens (tertiary/aromatic N) is 2. The predicted molar refractivity (Wildman–Crippen MR) is 68.5 cm³/mol. The van der Waals surface area contributed by atoms with Gasteiger partial charge in [0.15, 0.2) is 6.10 Å². The monoisotopic (exact) mass is 250 g/mol. The molecule has 1 unspecified atom stereocenters. The fourth-order valence-corrected chi connectivity index (χ4v) is 2.68. The van der Waals surface area contributed by atoms with E-state index in [2.05, 4.69) is 17.0 Å². The molecule has 1 saturated heterocycles. The van der Waals surface area contributed by atoms with Crippen molar-refractivity contribution in [3.63, 3.8) is 0 Å². The zero-order valence-corrected chi connectivity index (χ0v) is 10.8. The molecule has 0 aromatic heterocycles. The van der Waals surface area contributed by atoms with Crippen molar-refractivity contribution < 1.29 is 4.74 Å². The minimum atomic E-state index is -0.361. The van der Waals surface area contributed by atoms with Crippen LogP contribution in [0.25, 0.3) is 0 Å². The Kier molecular flexibility index (Phi) is 3.56. The van der Waals surface area contributed by atoms with Crippen molar-refractivity contribution in [2.45, 2.75) is 20.0 Å². The standard InChI is InChI=1S/C13H15ClN2O/c1-9-5-10(2)13(12(14)6-9)16-3-4-17-11(7-15)8-16/h5-6,11H,3-4,8H2,1-2H3. The second kappa shape index (κ2) is 4.95. The molecule has 2 rings (SSSR count). The second-order valence-corrected chi connectivity index (χ2v) is 4.75. The van der Waals surface area contributed by atoms with Crippen molar-refractivity contribution in [2.75, 3.05) is 24.6 Å². The quantitative estimate of drug-likeness (QED) is 0.769. The van der Waals surface area contributed by atoms with Gasteiger partial charge in [0.05, 0.1) is 29.9 Å². The highest BCUT2D eigenvalue weighted by molar-refractivity contribution is 6.33. The number of halogens is 1. The van der Waals surface area contributed by atoms with Crippen LogP contribution >= 0.6 is 11.6 Å². The lowest BCUT2D eigenvalue weighted by Gasteiger charge is -2.33. The molecule has 1 aliphatic rings. The highest BCUT2D eigenvalue weighted by Gasteiger charge is 2.22. The van der Waals surface area contributed by atoms with Gasteiger partial charge in [-0.05, 0) is 31.0 Å². The van der Waals surface area contributed by atoms with Crippen molar-refractivity contribution in [3.8, 4) is 6.07 Å². The van der Waals surface area contributed by atoms with Crippen LogP contribution in [0.15, 0.2) is 12.1 Å². The second-order valence-electron chi connectivity index (χ2n) is 4.35. The Morgan fingerprint density at radius 2 is 2.24 bits per heavy atom. The van der Waals surface area contributed by atoms with Crippen molar-refractivity contribution in [3.05, 3.63) is 28.3 Å². The number of morpholine rings is 1. The Balaban J connectivity index is 2.31. The van der Waals surface area contributed by atoms with Gasteiger partial charge in [0, 0.05) is 6.54 Å². The molecule has 1 aliphatic heterocycles. The van der Waals surface area contributed by atoms with Gasteiger partial charge in [-0.15, -0.1) is 0 Å². The largest absolute Gasteiger partial charge is 0.364 e. The lowest BCUT2D eigenvalue weighted by atomic mass is 10.1. The summed E-state index contributed by atoms with van der Waals surface area (Å²) in [4.78, 5) is 2.13. The molecular weight excluding hydrogens is 236 g/mol. The van der Waals surface area contributed by atoms with E-state index in [1.165, 1.54) is 0 Å². The van der Waals surface area contributed by atoms with Gasteiger partial charge in [-0.1, -0.05) is 17.7 Å². The van der Waals surface area contributed by atoms with Gasteiger partial charge in [0.2, 0.25) is 0 Å². The zero-order valence-electron chi connectivity index (χ0n) is 10.0. The first-order valence-electron chi connectivity index (χ1n) is 5.64. The Bertz CT molecular complexity index is 444. The fourth-order valence-electron chi connectivity index (χ4n) is 2.24. The third kappa shape index (κ3) is 2.54. The lowest BCUT2D eigenvalue weighted by Crippen LogP contribution is -2.42. The van der Waals surface area contributed by atoms with E-state index in [-0.39, 0.29) is 6.10 Å². The molecule has 1 aromatic rings.